The van der Waals surface area contributed by atoms with Gasteiger partial charge in [-0.15, -0.1) is 0 Å². The largest absolute Gasteiger partial charge is 0.349 e. The Labute approximate surface area is 43.9 Å². The number of hydrogen-bond acceptors (Lipinski definition) is 1. The predicted molar refractivity (Wildman–Crippen MR) is 28.4 cm³/mol. The van der Waals surface area contributed by atoms with Gasteiger partial charge in [0.15, 0.2) is 0 Å². The fourth-order valence-corrected chi connectivity index (χ4v) is 0.352. The van der Waals surface area contributed by atoms with Gasteiger partial charge >= 0.3 is 0 Å². The van der Waals surface area contributed by atoms with Crippen molar-refractivity contribution in [2.24, 2.45) is 0 Å². The molecule has 0 rings (SSSR count). The molecule has 0 saturated carbocycles. The van der Waals surface area contributed by atoms with Crippen molar-refractivity contribution in [1.82, 2.24) is 5.32 Å². The van der Waals surface area contributed by atoms with Gasteiger partial charge in [-0.1, -0.05) is 0 Å². The Morgan fingerprint density at radius 2 is 1.71 bits per heavy atom. The fourth-order valence-electron chi connectivity index (χ4n) is 0.352. The van der Waals surface area contributed by atoms with Gasteiger partial charge in [0.2, 0.25) is 5.91 Å². The van der Waals surface area contributed by atoms with E-state index < -0.39 is 0 Å². The molecular formula is C5H10NO. The summed E-state index contributed by atoms with van der Waals surface area (Å²) in [5.74, 6) is 0.000000000000000222. The van der Waals surface area contributed by atoms with Crippen molar-refractivity contribution in [2.45, 2.75) is 20.8 Å². The molecule has 1 amide bonds. The number of rotatable bonds is 1. The van der Waals surface area contributed by atoms with Crippen LogP contribution in [-0.2, 0) is 4.79 Å². The van der Waals surface area contributed by atoms with Crippen molar-refractivity contribution in [3.63, 3.8) is 0 Å². The molecular weight excluding hydrogens is 90.1 g/mol. The van der Waals surface area contributed by atoms with E-state index >= 15 is 0 Å². The van der Waals surface area contributed by atoms with E-state index in [0.29, 0.717) is 0 Å². The minimum absolute atomic E-state index is 0.000000000000000222. The van der Waals surface area contributed by atoms with Crippen molar-refractivity contribution in [1.29, 1.82) is 0 Å². The Morgan fingerprint density at radius 3 is 1.71 bits per heavy atom. The maximum absolute atomic E-state index is 10.1. The first-order valence-electron chi connectivity index (χ1n) is 2.20. The molecule has 0 fully saturated rings. The zero-order valence-electron chi connectivity index (χ0n) is 4.91. The molecule has 0 aliphatic rings. The minimum atomic E-state index is 0.000000000000000222. The monoisotopic (exact) mass is 100 g/mol. The molecule has 0 aliphatic heterocycles. The summed E-state index contributed by atoms with van der Waals surface area (Å²) in [5, 5.41) is 2.58. The molecule has 0 aromatic heterocycles. The van der Waals surface area contributed by atoms with E-state index in [1.54, 1.807) is 0 Å². The highest BCUT2D eigenvalue weighted by molar-refractivity contribution is 5.74. The summed E-state index contributed by atoms with van der Waals surface area (Å²) in [7, 11) is 0. The highest BCUT2D eigenvalue weighted by Crippen LogP contribution is 1.84. The van der Waals surface area contributed by atoms with Crippen LogP contribution >= 0.6 is 0 Å². The summed E-state index contributed by atoms with van der Waals surface area (Å²) in [6.07, 6.45) is 0. The van der Waals surface area contributed by atoms with Crippen molar-refractivity contribution in [3.05, 3.63) is 6.04 Å². The average Bonchev–Trinajstić information content (AvgIpc) is 1.27. The highest BCUT2D eigenvalue weighted by Gasteiger charge is 1.92. The Balaban J connectivity index is 3.13. The molecule has 2 heteroatoms. The maximum Gasteiger partial charge on any atom is 0.217 e. The van der Waals surface area contributed by atoms with Crippen LogP contribution in [0.2, 0.25) is 0 Å². The Hall–Kier alpha value is -0.530. The molecule has 0 unspecified atom stereocenters. The zero-order valence-corrected chi connectivity index (χ0v) is 4.91. The molecule has 2 nitrogen and oxygen atoms in total. The van der Waals surface area contributed by atoms with Crippen molar-refractivity contribution >= 4 is 5.91 Å². The minimum Gasteiger partial charge on any atom is -0.349 e. The topological polar surface area (TPSA) is 29.1 Å². The van der Waals surface area contributed by atoms with Crippen LogP contribution < -0.4 is 5.32 Å². The van der Waals surface area contributed by atoms with Crippen molar-refractivity contribution < 1.29 is 4.79 Å². The van der Waals surface area contributed by atoms with E-state index in [1.807, 2.05) is 13.8 Å². The van der Waals surface area contributed by atoms with Crippen LogP contribution in [0.5, 0.6) is 0 Å². The van der Waals surface area contributed by atoms with Gasteiger partial charge in [0, 0.05) is 6.92 Å². The third-order valence-corrected chi connectivity index (χ3v) is 0.426. The summed E-state index contributed by atoms with van der Waals surface area (Å²) < 4.78 is 0. The molecule has 1 N–H and O–H groups in total. The quantitative estimate of drug-likeness (QED) is 0.516. The van der Waals surface area contributed by atoms with E-state index in [1.165, 1.54) is 6.92 Å². The van der Waals surface area contributed by atoms with Gasteiger partial charge in [-0.2, -0.15) is 0 Å². The first-order valence-corrected chi connectivity index (χ1v) is 2.20. The average molecular weight is 100 g/mol. The molecule has 41 valence electrons. The van der Waals surface area contributed by atoms with E-state index in [0.717, 1.165) is 6.04 Å². The van der Waals surface area contributed by atoms with Crippen molar-refractivity contribution in [3.8, 4) is 0 Å². The summed E-state index contributed by atoms with van der Waals surface area (Å²) in [6.45, 7) is 5.19. The maximum atomic E-state index is 10.1. The first-order chi connectivity index (χ1) is 3.13. The molecule has 7 heavy (non-hydrogen) atoms. The number of hydrogen-bond donors (Lipinski definition) is 1. The van der Waals surface area contributed by atoms with E-state index in [4.69, 9.17) is 0 Å². The molecule has 1 radical (unpaired) electrons. The molecule has 0 bridgehead atoms. The van der Waals surface area contributed by atoms with E-state index in [9.17, 15) is 4.79 Å². The van der Waals surface area contributed by atoms with Gasteiger partial charge in [0.05, 0.1) is 6.04 Å². The van der Waals surface area contributed by atoms with Crippen LogP contribution in [0.4, 0.5) is 0 Å². The SMILES string of the molecule is C[C](C)NC(C)=O. The van der Waals surface area contributed by atoms with Gasteiger partial charge in [-0.25, -0.2) is 0 Å². The van der Waals surface area contributed by atoms with E-state index in [-0.39, 0.29) is 5.91 Å². The second kappa shape index (κ2) is 2.61. The standard InChI is InChI=1S/C5H10NO/c1-4(2)6-5(3)7/h1-3H3,(H,6,7). The van der Waals surface area contributed by atoms with Gasteiger partial charge in [0.1, 0.15) is 0 Å². The molecule has 0 saturated heterocycles. The predicted octanol–water partition coefficient (Wildman–Crippen LogP) is 0.694. The lowest BCUT2D eigenvalue weighted by Gasteiger charge is -2.00. The second-order valence-electron chi connectivity index (χ2n) is 1.68. The summed E-state index contributed by atoms with van der Waals surface area (Å²) in [6, 6.07) is 0.938. The number of amides is 1. The lowest BCUT2D eigenvalue weighted by Crippen LogP contribution is -2.20. The van der Waals surface area contributed by atoms with Gasteiger partial charge in [-0.3, -0.25) is 4.79 Å². The lowest BCUT2D eigenvalue weighted by atomic mass is 10.4. The Bertz CT molecular complexity index is 68.5. The second-order valence-corrected chi connectivity index (χ2v) is 1.68. The summed E-state index contributed by atoms with van der Waals surface area (Å²) in [5.41, 5.74) is 0. The van der Waals surface area contributed by atoms with Crippen LogP contribution in [0.3, 0.4) is 0 Å². The normalized spacial score (nSPS) is 9.14. The van der Waals surface area contributed by atoms with Crippen LogP contribution in [0.1, 0.15) is 20.8 Å². The third kappa shape index (κ3) is 5.47. The third-order valence-electron chi connectivity index (χ3n) is 0.426. The Morgan fingerprint density at radius 1 is 1.29 bits per heavy atom. The Kier molecular flexibility index (Phi) is 2.41. The molecule has 0 aliphatic carbocycles. The van der Waals surface area contributed by atoms with Crippen molar-refractivity contribution in [2.75, 3.05) is 0 Å². The smallest absolute Gasteiger partial charge is 0.217 e. The zero-order chi connectivity index (χ0) is 5.86. The summed E-state index contributed by atoms with van der Waals surface area (Å²) in [4.78, 5) is 10.1. The molecule has 0 spiro atoms. The van der Waals surface area contributed by atoms with Crippen LogP contribution in [0, 0.1) is 6.04 Å². The number of carbonyl (C=O) groups is 1. The van der Waals surface area contributed by atoms with Gasteiger partial charge in [-0.05, 0) is 13.8 Å². The first kappa shape index (κ1) is 6.47. The number of carbonyl (C=O) groups excluding carboxylic acids is 1. The van der Waals surface area contributed by atoms with Gasteiger partial charge < -0.3 is 5.32 Å². The molecule has 0 heterocycles. The lowest BCUT2D eigenvalue weighted by molar-refractivity contribution is -0.118. The van der Waals surface area contributed by atoms with E-state index in [2.05, 4.69) is 5.32 Å². The van der Waals surface area contributed by atoms with Gasteiger partial charge in [0.25, 0.3) is 0 Å². The fraction of sp³-hybridized carbons (Fsp3) is 0.600. The highest BCUT2D eigenvalue weighted by atomic mass is 16.1. The molecule has 0 aromatic carbocycles. The summed E-state index contributed by atoms with van der Waals surface area (Å²) >= 11 is 0. The molecule has 0 aromatic rings. The van der Waals surface area contributed by atoms with Crippen LogP contribution in [0.15, 0.2) is 0 Å². The molecule has 0 atom stereocenters. The van der Waals surface area contributed by atoms with Crippen LogP contribution in [-0.4, -0.2) is 5.91 Å². The van der Waals surface area contributed by atoms with Crippen LogP contribution in [0.25, 0.3) is 0 Å². The number of nitrogens with one attached hydrogen (secondary N) is 1.